The molecule has 2 aromatic carbocycles. The molecule has 1 heterocycles. The third-order valence-electron chi connectivity index (χ3n) is 6.25. The fraction of sp³-hybridized carbons (Fsp3) is 0.323. The van der Waals surface area contributed by atoms with Crippen molar-refractivity contribution in [2.45, 2.75) is 55.1 Å². The SMILES string of the molecule is CCOC(=O)c1c(NC(=O)/C(C#N)=C/c2ccc(OCc3c(C)cc(C)cc3C)c(OCC)c2)sc(C)c1C. The number of benzene rings is 2. The Kier molecular flexibility index (Phi) is 9.91. The van der Waals surface area contributed by atoms with Gasteiger partial charge in [-0.15, -0.1) is 11.3 Å². The Hall–Kier alpha value is -4.09. The summed E-state index contributed by atoms with van der Waals surface area (Å²) in [4.78, 5) is 26.4. The van der Waals surface area contributed by atoms with Crippen molar-refractivity contribution in [3.05, 3.63) is 79.7 Å². The highest BCUT2D eigenvalue weighted by atomic mass is 32.1. The molecule has 1 amide bonds. The molecule has 0 saturated carbocycles. The highest BCUT2D eigenvalue weighted by Crippen LogP contribution is 2.34. The Morgan fingerprint density at radius 1 is 0.974 bits per heavy atom. The van der Waals surface area contributed by atoms with E-state index in [0.29, 0.717) is 40.8 Å². The van der Waals surface area contributed by atoms with Gasteiger partial charge in [0, 0.05) is 4.88 Å². The maximum atomic E-state index is 13.0. The molecule has 1 N–H and O–H groups in total. The number of hydrogen-bond donors (Lipinski definition) is 1. The van der Waals surface area contributed by atoms with Gasteiger partial charge >= 0.3 is 5.97 Å². The van der Waals surface area contributed by atoms with E-state index in [1.165, 1.54) is 23.0 Å². The summed E-state index contributed by atoms with van der Waals surface area (Å²) in [5.41, 5.74) is 6.19. The van der Waals surface area contributed by atoms with Crippen LogP contribution >= 0.6 is 11.3 Å². The van der Waals surface area contributed by atoms with Gasteiger partial charge in [0.15, 0.2) is 11.5 Å². The number of carbonyl (C=O) groups is 2. The average molecular weight is 547 g/mol. The van der Waals surface area contributed by atoms with Crippen LogP contribution in [0.4, 0.5) is 5.00 Å². The van der Waals surface area contributed by atoms with Crippen LogP contribution < -0.4 is 14.8 Å². The van der Waals surface area contributed by atoms with Crippen LogP contribution in [0, 0.1) is 45.9 Å². The van der Waals surface area contributed by atoms with E-state index in [1.807, 2.05) is 19.9 Å². The van der Waals surface area contributed by atoms with Crippen molar-refractivity contribution in [1.82, 2.24) is 0 Å². The molecule has 204 valence electrons. The first kappa shape index (κ1) is 29.5. The molecule has 0 aliphatic carbocycles. The molecule has 1 aromatic heterocycles. The Bertz CT molecular complexity index is 1440. The smallest absolute Gasteiger partial charge is 0.341 e. The fourth-order valence-electron chi connectivity index (χ4n) is 4.24. The molecule has 0 bridgehead atoms. The van der Waals surface area contributed by atoms with E-state index in [9.17, 15) is 14.9 Å². The number of thiophene rings is 1. The number of nitrogens with one attached hydrogen (secondary N) is 1. The molecule has 0 radical (unpaired) electrons. The lowest BCUT2D eigenvalue weighted by molar-refractivity contribution is -0.112. The number of anilines is 1. The monoisotopic (exact) mass is 546 g/mol. The van der Waals surface area contributed by atoms with E-state index < -0.39 is 11.9 Å². The van der Waals surface area contributed by atoms with Crippen molar-refractivity contribution < 1.29 is 23.8 Å². The number of rotatable bonds is 10. The van der Waals surface area contributed by atoms with E-state index in [2.05, 4.69) is 38.2 Å². The largest absolute Gasteiger partial charge is 0.490 e. The molecule has 0 unspecified atom stereocenters. The van der Waals surface area contributed by atoms with E-state index in [4.69, 9.17) is 14.2 Å². The van der Waals surface area contributed by atoms with Crippen molar-refractivity contribution >= 4 is 34.3 Å². The topological polar surface area (TPSA) is 97.7 Å². The molecular weight excluding hydrogens is 512 g/mol. The average Bonchev–Trinajstić information content (AvgIpc) is 3.15. The maximum Gasteiger partial charge on any atom is 0.341 e. The summed E-state index contributed by atoms with van der Waals surface area (Å²) in [6, 6.07) is 11.5. The molecule has 0 aliphatic rings. The summed E-state index contributed by atoms with van der Waals surface area (Å²) in [5.74, 6) is -0.0431. The van der Waals surface area contributed by atoms with Crippen LogP contribution in [0.2, 0.25) is 0 Å². The predicted octanol–water partition coefficient (Wildman–Crippen LogP) is 6.99. The first-order chi connectivity index (χ1) is 18.6. The van der Waals surface area contributed by atoms with Gasteiger partial charge in [0.2, 0.25) is 0 Å². The second-order valence-electron chi connectivity index (χ2n) is 9.14. The molecule has 3 rings (SSSR count). The summed E-state index contributed by atoms with van der Waals surface area (Å²) < 4.78 is 17.1. The number of aryl methyl sites for hydroxylation is 4. The lowest BCUT2D eigenvalue weighted by atomic mass is 10.0. The van der Waals surface area contributed by atoms with Crippen molar-refractivity contribution in [3.8, 4) is 17.6 Å². The van der Waals surface area contributed by atoms with Crippen LogP contribution in [-0.2, 0) is 16.1 Å². The minimum absolute atomic E-state index is 0.115. The zero-order valence-electron chi connectivity index (χ0n) is 23.5. The van der Waals surface area contributed by atoms with Crippen LogP contribution in [0.15, 0.2) is 35.9 Å². The van der Waals surface area contributed by atoms with Gasteiger partial charge in [-0.2, -0.15) is 5.26 Å². The number of carbonyl (C=O) groups excluding carboxylic acids is 2. The minimum Gasteiger partial charge on any atom is -0.490 e. The summed E-state index contributed by atoms with van der Waals surface area (Å²) in [6.07, 6.45) is 1.48. The van der Waals surface area contributed by atoms with Crippen molar-refractivity contribution in [1.29, 1.82) is 5.26 Å². The van der Waals surface area contributed by atoms with Crippen molar-refractivity contribution in [2.24, 2.45) is 0 Å². The summed E-state index contributed by atoms with van der Waals surface area (Å²) in [5, 5.41) is 12.8. The molecular formula is C31H34N2O5S. The van der Waals surface area contributed by atoms with E-state index in [0.717, 1.165) is 27.1 Å². The van der Waals surface area contributed by atoms with Gasteiger partial charge in [0.25, 0.3) is 5.91 Å². The first-order valence-electron chi connectivity index (χ1n) is 12.8. The molecule has 8 heteroatoms. The maximum absolute atomic E-state index is 13.0. The van der Waals surface area contributed by atoms with Gasteiger partial charge in [-0.3, -0.25) is 4.79 Å². The van der Waals surface area contributed by atoms with Crippen LogP contribution in [0.1, 0.15) is 62.5 Å². The zero-order chi connectivity index (χ0) is 28.7. The normalized spacial score (nSPS) is 11.1. The Morgan fingerprint density at radius 2 is 1.67 bits per heavy atom. The van der Waals surface area contributed by atoms with Gasteiger partial charge in [0.1, 0.15) is 23.3 Å². The Morgan fingerprint density at radius 3 is 2.28 bits per heavy atom. The molecule has 0 fully saturated rings. The number of esters is 1. The zero-order valence-corrected chi connectivity index (χ0v) is 24.3. The molecule has 0 saturated heterocycles. The summed E-state index contributed by atoms with van der Waals surface area (Å²) in [6.45, 7) is 14.5. The minimum atomic E-state index is -0.618. The number of nitriles is 1. The van der Waals surface area contributed by atoms with E-state index >= 15 is 0 Å². The quantitative estimate of drug-likeness (QED) is 0.167. The second kappa shape index (κ2) is 13.1. The second-order valence-corrected chi connectivity index (χ2v) is 10.4. The molecule has 39 heavy (non-hydrogen) atoms. The lowest BCUT2D eigenvalue weighted by Crippen LogP contribution is -2.16. The Labute approximate surface area is 234 Å². The van der Waals surface area contributed by atoms with Crippen LogP contribution in [0.5, 0.6) is 11.5 Å². The molecule has 0 atom stereocenters. The first-order valence-corrected chi connectivity index (χ1v) is 13.6. The molecule has 0 spiro atoms. The standard InChI is InChI=1S/C31H34N2O5S/c1-8-36-27-15-23(10-11-26(27)38-17-25-19(4)12-18(3)13-20(25)5)14-24(16-32)29(34)33-30-28(31(35)37-9-2)21(6)22(7)39-30/h10-15H,8-9,17H2,1-7H3,(H,33,34)/b24-14+. The lowest BCUT2D eigenvalue weighted by Gasteiger charge is -2.16. The van der Waals surface area contributed by atoms with Crippen molar-refractivity contribution in [2.75, 3.05) is 18.5 Å². The number of hydrogen-bond acceptors (Lipinski definition) is 7. The third kappa shape index (κ3) is 7.06. The van der Waals surface area contributed by atoms with Crippen molar-refractivity contribution in [3.63, 3.8) is 0 Å². The molecule has 7 nitrogen and oxygen atoms in total. The van der Waals surface area contributed by atoms with Crippen LogP contribution in [0.25, 0.3) is 6.08 Å². The highest BCUT2D eigenvalue weighted by Gasteiger charge is 2.23. The van der Waals surface area contributed by atoms with Crippen LogP contribution in [0.3, 0.4) is 0 Å². The fourth-order valence-corrected chi connectivity index (χ4v) is 5.28. The summed E-state index contributed by atoms with van der Waals surface area (Å²) in [7, 11) is 0. The van der Waals surface area contributed by atoms with Gasteiger partial charge in [-0.1, -0.05) is 23.8 Å². The highest BCUT2D eigenvalue weighted by molar-refractivity contribution is 7.16. The van der Waals surface area contributed by atoms with Gasteiger partial charge in [0.05, 0.1) is 18.8 Å². The molecule has 0 aliphatic heterocycles. The van der Waals surface area contributed by atoms with E-state index in [1.54, 1.807) is 32.0 Å². The molecule has 3 aromatic rings. The van der Waals surface area contributed by atoms with Gasteiger partial charge < -0.3 is 19.5 Å². The van der Waals surface area contributed by atoms with Crippen LogP contribution in [-0.4, -0.2) is 25.1 Å². The Balaban J connectivity index is 1.85. The predicted molar refractivity (Wildman–Crippen MR) is 155 cm³/mol. The third-order valence-corrected chi connectivity index (χ3v) is 7.37. The van der Waals surface area contributed by atoms with E-state index in [-0.39, 0.29) is 12.2 Å². The summed E-state index contributed by atoms with van der Waals surface area (Å²) >= 11 is 1.27. The van der Waals surface area contributed by atoms with Gasteiger partial charge in [-0.05, 0) is 94.5 Å². The number of ether oxygens (including phenoxy) is 3. The number of nitrogens with zero attached hydrogens (tertiary/aromatic N) is 1. The number of amides is 1. The van der Waals surface area contributed by atoms with Gasteiger partial charge in [-0.25, -0.2) is 4.79 Å².